The molecule has 0 aliphatic carbocycles. The molecule has 0 aromatic carbocycles. The first kappa shape index (κ1) is 13.1. The summed E-state index contributed by atoms with van der Waals surface area (Å²) in [5.74, 6) is 2.79. The van der Waals surface area contributed by atoms with E-state index < -0.39 is 0 Å². The third kappa shape index (κ3) is 3.32. The topological polar surface area (TPSA) is 56.3 Å². The van der Waals surface area contributed by atoms with E-state index in [9.17, 15) is 0 Å². The van der Waals surface area contributed by atoms with Crippen LogP contribution in [0.2, 0.25) is 0 Å². The van der Waals surface area contributed by atoms with E-state index in [0.29, 0.717) is 17.8 Å². The van der Waals surface area contributed by atoms with E-state index in [1.54, 1.807) is 7.11 Å². The van der Waals surface area contributed by atoms with Crippen LogP contribution in [0.5, 0.6) is 5.88 Å². The molecule has 0 saturated carbocycles. The molecule has 1 atom stereocenters. The van der Waals surface area contributed by atoms with E-state index in [1.165, 1.54) is 0 Å². The van der Waals surface area contributed by atoms with E-state index in [4.69, 9.17) is 9.47 Å². The molecule has 1 aliphatic heterocycles. The zero-order valence-corrected chi connectivity index (χ0v) is 11.3. The fourth-order valence-corrected chi connectivity index (χ4v) is 2.29. The van der Waals surface area contributed by atoms with Crippen molar-refractivity contribution in [3.05, 3.63) is 11.9 Å². The van der Waals surface area contributed by atoms with Crippen LogP contribution in [0.3, 0.4) is 0 Å². The highest BCUT2D eigenvalue weighted by Crippen LogP contribution is 2.22. The second kappa shape index (κ2) is 6.00. The fourth-order valence-electron chi connectivity index (χ4n) is 2.29. The summed E-state index contributed by atoms with van der Waals surface area (Å²) >= 11 is 0. The van der Waals surface area contributed by atoms with E-state index in [2.05, 4.69) is 22.2 Å². The van der Waals surface area contributed by atoms with Crippen LogP contribution >= 0.6 is 0 Å². The van der Waals surface area contributed by atoms with Gasteiger partial charge in [0.2, 0.25) is 5.88 Å². The summed E-state index contributed by atoms with van der Waals surface area (Å²) in [6, 6.07) is 2.22. The van der Waals surface area contributed by atoms with Gasteiger partial charge in [0.15, 0.2) is 0 Å². The Kier molecular flexibility index (Phi) is 4.36. The maximum Gasteiger partial charge on any atom is 0.218 e. The highest BCUT2D eigenvalue weighted by Gasteiger charge is 2.20. The molecule has 1 aromatic rings. The molecular weight excluding hydrogens is 230 g/mol. The average molecular weight is 251 g/mol. The molecular formula is C13H21N3O2. The number of anilines is 1. The number of aryl methyl sites for hydroxylation is 1. The highest BCUT2D eigenvalue weighted by atomic mass is 16.5. The average Bonchev–Trinajstić information content (AvgIpc) is 2.39. The van der Waals surface area contributed by atoms with Crippen molar-refractivity contribution in [1.29, 1.82) is 0 Å². The summed E-state index contributed by atoms with van der Waals surface area (Å²) in [6.45, 7) is 5.79. The second-order valence-corrected chi connectivity index (χ2v) is 4.73. The monoisotopic (exact) mass is 251 g/mol. The Bertz CT molecular complexity index is 392. The minimum atomic E-state index is 0.382. The molecule has 18 heavy (non-hydrogen) atoms. The van der Waals surface area contributed by atoms with Crippen LogP contribution in [-0.4, -0.2) is 36.3 Å². The first-order valence-corrected chi connectivity index (χ1v) is 6.43. The largest absolute Gasteiger partial charge is 0.481 e. The Hall–Kier alpha value is -1.36. The Morgan fingerprint density at radius 3 is 2.78 bits per heavy atom. The van der Waals surface area contributed by atoms with Gasteiger partial charge >= 0.3 is 0 Å². The number of rotatable bonds is 4. The number of nitrogens with zero attached hydrogens (tertiary/aromatic N) is 2. The van der Waals surface area contributed by atoms with Crippen molar-refractivity contribution in [3.8, 4) is 5.88 Å². The fraction of sp³-hybridized carbons (Fsp3) is 0.692. The zero-order valence-electron chi connectivity index (χ0n) is 11.3. The molecule has 5 heteroatoms. The van der Waals surface area contributed by atoms with Crippen LogP contribution < -0.4 is 10.1 Å². The van der Waals surface area contributed by atoms with E-state index >= 15 is 0 Å². The summed E-state index contributed by atoms with van der Waals surface area (Å²) < 4.78 is 10.5. The van der Waals surface area contributed by atoms with E-state index in [-0.39, 0.29) is 0 Å². The van der Waals surface area contributed by atoms with Crippen molar-refractivity contribution in [2.45, 2.75) is 32.7 Å². The number of aromatic nitrogens is 2. The van der Waals surface area contributed by atoms with Gasteiger partial charge in [-0.15, -0.1) is 0 Å². The molecule has 1 saturated heterocycles. The molecule has 1 aliphatic rings. The van der Waals surface area contributed by atoms with Crippen LogP contribution in [0.4, 0.5) is 5.82 Å². The molecule has 100 valence electrons. The molecule has 0 bridgehead atoms. The molecule has 0 amide bonds. The van der Waals surface area contributed by atoms with Gasteiger partial charge < -0.3 is 14.8 Å². The summed E-state index contributed by atoms with van der Waals surface area (Å²) in [7, 11) is 1.62. The maximum absolute atomic E-state index is 5.38. The van der Waals surface area contributed by atoms with Gasteiger partial charge in [0.25, 0.3) is 0 Å². The summed E-state index contributed by atoms with van der Waals surface area (Å²) in [6.07, 6.45) is 2.21. The zero-order chi connectivity index (χ0) is 13.0. The van der Waals surface area contributed by atoms with Crippen molar-refractivity contribution in [1.82, 2.24) is 9.97 Å². The van der Waals surface area contributed by atoms with Gasteiger partial charge in [0.1, 0.15) is 11.6 Å². The predicted octanol–water partition coefficient (Wildman–Crippen LogP) is 2.02. The lowest BCUT2D eigenvalue weighted by molar-refractivity contribution is 0.0622. The Morgan fingerprint density at radius 2 is 2.11 bits per heavy atom. The SMILES string of the molecule is COc1cc(NC(C)C2CCOCC2)nc(C)n1. The van der Waals surface area contributed by atoms with Crippen LogP contribution in [0.1, 0.15) is 25.6 Å². The highest BCUT2D eigenvalue weighted by molar-refractivity contribution is 5.39. The number of nitrogens with one attached hydrogen (secondary N) is 1. The third-order valence-corrected chi connectivity index (χ3v) is 3.37. The number of methoxy groups -OCH3 is 1. The van der Waals surface area contributed by atoms with Gasteiger partial charge in [-0.3, -0.25) is 0 Å². The number of hydrogen-bond donors (Lipinski definition) is 1. The van der Waals surface area contributed by atoms with Gasteiger partial charge in [-0.25, -0.2) is 4.98 Å². The lowest BCUT2D eigenvalue weighted by atomic mass is 9.93. The van der Waals surface area contributed by atoms with Crippen LogP contribution in [0.15, 0.2) is 6.07 Å². The molecule has 5 nitrogen and oxygen atoms in total. The first-order valence-electron chi connectivity index (χ1n) is 6.43. The van der Waals surface area contributed by atoms with Crippen molar-refractivity contribution < 1.29 is 9.47 Å². The lowest BCUT2D eigenvalue weighted by Crippen LogP contribution is -2.31. The third-order valence-electron chi connectivity index (χ3n) is 3.37. The van der Waals surface area contributed by atoms with Crippen LogP contribution in [0, 0.1) is 12.8 Å². The predicted molar refractivity (Wildman–Crippen MR) is 69.9 cm³/mol. The first-order chi connectivity index (χ1) is 8.69. The van der Waals surface area contributed by atoms with Crippen LogP contribution in [0.25, 0.3) is 0 Å². The normalized spacial score (nSPS) is 18.4. The van der Waals surface area contributed by atoms with E-state index in [1.807, 2.05) is 13.0 Å². The van der Waals surface area contributed by atoms with Gasteiger partial charge in [0.05, 0.1) is 7.11 Å². The van der Waals surface area contributed by atoms with Crippen molar-refractivity contribution in [3.63, 3.8) is 0 Å². The van der Waals surface area contributed by atoms with Crippen molar-refractivity contribution in [2.75, 3.05) is 25.6 Å². The van der Waals surface area contributed by atoms with Crippen molar-refractivity contribution >= 4 is 5.82 Å². The Labute approximate surface area is 108 Å². The summed E-state index contributed by atoms with van der Waals surface area (Å²) in [4.78, 5) is 8.56. The lowest BCUT2D eigenvalue weighted by Gasteiger charge is -2.28. The molecule has 1 N–H and O–H groups in total. The molecule has 0 radical (unpaired) electrons. The Morgan fingerprint density at radius 1 is 1.39 bits per heavy atom. The number of ether oxygens (including phenoxy) is 2. The molecule has 1 aromatic heterocycles. The van der Waals surface area contributed by atoms with Gasteiger partial charge in [0, 0.05) is 25.3 Å². The van der Waals surface area contributed by atoms with Gasteiger partial charge in [-0.05, 0) is 32.6 Å². The van der Waals surface area contributed by atoms with E-state index in [0.717, 1.165) is 37.7 Å². The van der Waals surface area contributed by atoms with Crippen molar-refractivity contribution in [2.24, 2.45) is 5.92 Å². The Balaban J connectivity index is 2.01. The maximum atomic E-state index is 5.38. The second-order valence-electron chi connectivity index (χ2n) is 4.73. The van der Waals surface area contributed by atoms with Gasteiger partial charge in [-0.1, -0.05) is 0 Å². The molecule has 0 spiro atoms. The summed E-state index contributed by atoms with van der Waals surface area (Å²) in [5, 5.41) is 3.44. The van der Waals surface area contributed by atoms with Crippen LogP contribution in [-0.2, 0) is 4.74 Å². The summed E-state index contributed by atoms with van der Waals surface area (Å²) in [5.41, 5.74) is 0. The molecule has 2 heterocycles. The molecule has 1 fully saturated rings. The quantitative estimate of drug-likeness (QED) is 0.887. The molecule has 2 rings (SSSR count). The smallest absolute Gasteiger partial charge is 0.218 e. The number of hydrogen-bond acceptors (Lipinski definition) is 5. The minimum absolute atomic E-state index is 0.382. The standard InChI is InChI=1S/C13H21N3O2/c1-9(11-4-6-18-7-5-11)14-12-8-13(17-3)16-10(2)15-12/h8-9,11H,4-7H2,1-3H3,(H,14,15,16). The molecule has 1 unspecified atom stereocenters. The minimum Gasteiger partial charge on any atom is -0.481 e. The van der Waals surface area contributed by atoms with Gasteiger partial charge in [-0.2, -0.15) is 4.98 Å².